The fraction of sp³-hybridized carbons (Fsp3) is 0.875. The van der Waals surface area contributed by atoms with Gasteiger partial charge in [0.15, 0.2) is 5.11 Å². The van der Waals surface area contributed by atoms with Gasteiger partial charge in [-0.05, 0) is 32.0 Å². The van der Waals surface area contributed by atoms with Crippen molar-refractivity contribution in [3.8, 4) is 0 Å². The molecule has 0 spiro atoms. The number of thiocarbonyl (C=S) groups is 1. The lowest BCUT2D eigenvalue weighted by Crippen LogP contribution is -2.39. The molecular formula is C8H16N2OS. The van der Waals surface area contributed by atoms with Crippen LogP contribution in [0.25, 0.3) is 0 Å². The summed E-state index contributed by atoms with van der Waals surface area (Å²) in [7, 11) is 0. The first-order valence-electron chi connectivity index (χ1n) is 4.46. The van der Waals surface area contributed by atoms with Gasteiger partial charge < -0.3 is 15.4 Å². The molecule has 12 heavy (non-hydrogen) atoms. The molecule has 0 aliphatic carbocycles. The molecule has 4 heteroatoms. The van der Waals surface area contributed by atoms with Crippen molar-refractivity contribution in [2.45, 2.75) is 25.9 Å². The minimum atomic E-state index is 0.363. The maximum absolute atomic E-state index is 5.43. The number of rotatable bonds is 3. The van der Waals surface area contributed by atoms with E-state index in [1.165, 1.54) is 6.42 Å². The average Bonchev–Trinajstić information content (AvgIpc) is 2.53. The molecule has 1 fully saturated rings. The van der Waals surface area contributed by atoms with Crippen LogP contribution < -0.4 is 10.6 Å². The smallest absolute Gasteiger partial charge is 0.166 e. The first kappa shape index (κ1) is 9.74. The van der Waals surface area contributed by atoms with Gasteiger partial charge in [0.25, 0.3) is 0 Å². The molecule has 0 aromatic heterocycles. The van der Waals surface area contributed by atoms with Crippen LogP contribution in [-0.4, -0.2) is 30.9 Å². The van der Waals surface area contributed by atoms with Gasteiger partial charge in [0.05, 0.1) is 6.10 Å². The van der Waals surface area contributed by atoms with Crippen LogP contribution in [0.4, 0.5) is 0 Å². The minimum absolute atomic E-state index is 0.363. The van der Waals surface area contributed by atoms with Crippen molar-refractivity contribution in [2.24, 2.45) is 0 Å². The third kappa shape index (κ3) is 3.36. The number of hydrogen-bond donors (Lipinski definition) is 2. The van der Waals surface area contributed by atoms with Crippen LogP contribution in [0, 0.1) is 0 Å². The lowest BCUT2D eigenvalue weighted by Gasteiger charge is -2.12. The highest BCUT2D eigenvalue weighted by Crippen LogP contribution is 2.10. The summed E-state index contributed by atoms with van der Waals surface area (Å²) in [5, 5.41) is 6.88. The van der Waals surface area contributed by atoms with Crippen molar-refractivity contribution in [3.05, 3.63) is 0 Å². The summed E-state index contributed by atoms with van der Waals surface area (Å²) in [4.78, 5) is 0. The highest BCUT2D eigenvalue weighted by atomic mass is 32.1. The zero-order valence-corrected chi connectivity index (χ0v) is 8.25. The molecule has 1 unspecified atom stereocenters. The van der Waals surface area contributed by atoms with E-state index in [0.29, 0.717) is 6.10 Å². The van der Waals surface area contributed by atoms with Crippen LogP contribution >= 0.6 is 12.2 Å². The Morgan fingerprint density at radius 1 is 1.58 bits per heavy atom. The number of nitrogens with one attached hydrogen (secondary N) is 2. The van der Waals surface area contributed by atoms with Crippen molar-refractivity contribution in [1.29, 1.82) is 0 Å². The summed E-state index contributed by atoms with van der Waals surface area (Å²) < 4.78 is 5.43. The summed E-state index contributed by atoms with van der Waals surface area (Å²) in [6, 6.07) is 0. The molecule has 3 nitrogen and oxygen atoms in total. The normalized spacial score (nSPS) is 22.2. The molecule has 70 valence electrons. The predicted molar refractivity (Wildman–Crippen MR) is 53.3 cm³/mol. The van der Waals surface area contributed by atoms with E-state index >= 15 is 0 Å². The standard InChI is InChI=1S/C8H16N2OS/c1-2-9-8(12)10-6-7-4-3-5-11-7/h7H,2-6H2,1H3,(H2,9,10,12). The minimum Gasteiger partial charge on any atom is -0.376 e. The summed E-state index contributed by atoms with van der Waals surface area (Å²) in [5.74, 6) is 0. The Balaban J connectivity index is 2.03. The van der Waals surface area contributed by atoms with Gasteiger partial charge >= 0.3 is 0 Å². The van der Waals surface area contributed by atoms with Crippen molar-refractivity contribution in [3.63, 3.8) is 0 Å². The van der Waals surface area contributed by atoms with E-state index in [9.17, 15) is 0 Å². The van der Waals surface area contributed by atoms with Gasteiger partial charge in [-0.1, -0.05) is 0 Å². The molecule has 1 rings (SSSR count). The van der Waals surface area contributed by atoms with E-state index in [2.05, 4.69) is 10.6 Å². The third-order valence-electron chi connectivity index (χ3n) is 1.85. The molecule has 1 aliphatic rings. The zero-order valence-electron chi connectivity index (χ0n) is 7.43. The monoisotopic (exact) mass is 188 g/mol. The summed E-state index contributed by atoms with van der Waals surface area (Å²) in [6.45, 7) is 4.64. The highest BCUT2D eigenvalue weighted by molar-refractivity contribution is 7.80. The Labute approximate surface area is 78.9 Å². The molecule has 1 saturated heterocycles. The van der Waals surface area contributed by atoms with Crippen molar-refractivity contribution >= 4 is 17.3 Å². The summed E-state index contributed by atoms with van der Waals surface area (Å²) >= 11 is 5.01. The van der Waals surface area contributed by atoms with E-state index in [1.54, 1.807) is 0 Å². The number of ether oxygens (including phenoxy) is 1. The maximum atomic E-state index is 5.43. The van der Waals surface area contributed by atoms with Gasteiger partial charge in [-0.3, -0.25) is 0 Å². The Hall–Kier alpha value is -0.350. The van der Waals surface area contributed by atoms with Gasteiger partial charge in [-0.15, -0.1) is 0 Å². The Kier molecular flexibility index (Phi) is 4.32. The van der Waals surface area contributed by atoms with Crippen molar-refractivity contribution < 1.29 is 4.74 Å². The molecule has 0 bridgehead atoms. The molecule has 1 atom stereocenters. The van der Waals surface area contributed by atoms with Gasteiger partial charge in [0.1, 0.15) is 0 Å². The van der Waals surface area contributed by atoms with Crippen LogP contribution in [0.1, 0.15) is 19.8 Å². The molecule has 1 heterocycles. The van der Waals surface area contributed by atoms with Crippen LogP contribution in [-0.2, 0) is 4.74 Å². The van der Waals surface area contributed by atoms with Gasteiger partial charge in [-0.2, -0.15) is 0 Å². The Morgan fingerprint density at radius 3 is 3.00 bits per heavy atom. The lowest BCUT2D eigenvalue weighted by molar-refractivity contribution is 0.114. The van der Waals surface area contributed by atoms with E-state index in [0.717, 1.165) is 31.2 Å². The molecule has 0 aromatic carbocycles. The van der Waals surface area contributed by atoms with Crippen molar-refractivity contribution in [1.82, 2.24) is 10.6 Å². The van der Waals surface area contributed by atoms with Crippen LogP contribution in [0.3, 0.4) is 0 Å². The first-order chi connectivity index (χ1) is 5.83. The zero-order chi connectivity index (χ0) is 8.81. The lowest BCUT2D eigenvalue weighted by atomic mass is 10.2. The average molecular weight is 188 g/mol. The maximum Gasteiger partial charge on any atom is 0.166 e. The quantitative estimate of drug-likeness (QED) is 0.637. The van der Waals surface area contributed by atoms with E-state index < -0.39 is 0 Å². The summed E-state index contributed by atoms with van der Waals surface area (Å²) in [6.07, 6.45) is 2.70. The second-order valence-corrected chi connectivity index (χ2v) is 3.28. The summed E-state index contributed by atoms with van der Waals surface area (Å²) in [5.41, 5.74) is 0. The molecule has 0 amide bonds. The second-order valence-electron chi connectivity index (χ2n) is 2.88. The third-order valence-corrected chi connectivity index (χ3v) is 2.14. The topological polar surface area (TPSA) is 33.3 Å². The molecule has 0 saturated carbocycles. The molecule has 0 aromatic rings. The Morgan fingerprint density at radius 2 is 2.42 bits per heavy atom. The highest BCUT2D eigenvalue weighted by Gasteiger charge is 2.14. The largest absolute Gasteiger partial charge is 0.376 e. The SMILES string of the molecule is CCNC(=S)NCC1CCCO1. The van der Waals surface area contributed by atoms with Gasteiger partial charge in [0.2, 0.25) is 0 Å². The first-order valence-corrected chi connectivity index (χ1v) is 4.87. The molecule has 0 radical (unpaired) electrons. The van der Waals surface area contributed by atoms with Crippen LogP contribution in [0.15, 0.2) is 0 Å². The molecule has 1 aliphatic heterocycles. The van der Waals surface area contributed by atoms with Crippen LogP contribution in [0.5, 0.6) is 0 Å². The van der Waals surface area contributed by atoms with E-state index in [1.807, 2.05) is 6.92 Å². The van der Waals surface area contributed by atoms with Crippen molar-refractivity contribution in [2.75, 3.05) is 19.7 Å². The van der Waals surface area contributed by atoms with Gasteiger partial charge in [0, 0.05) is 19.7 Å². The fourth-order valence-corrected chi connectivity index (χ4v) is 1.46. The molecule has 2 N–H and O–H groups in total. The fourth-order valence-electron chi connectivity index (χ4n) is 1.23. The van der Waals surface area contributed by atoms with E-state index in [-0.39, 0.29) is 0 Å². The van der Waals surface area contributed by atoms with Gasteiger partial charge in [-0.25, -0.2) is 0 Å². The van der Waals surface area contributed by atoms with Crippen LogP contribution in [0.2, 0.25) is 0 Å². The number of hydrogen-bond acceptors (Lipinski definition) is 2. The Bertz CT molecular complexity index is 146. The molecular weight excluding hydrogens is 172 g/mol. The van der Waals surface area contributed by atoms with E-state index in [4.69, 9.17) is 17.0 Å². The second kappa shape index (κ2) is 5.32. The predicted octanol–water partition coefficient (Wildman–Crippen LogP) is 0.649.